The third-order valence-corrected chi connectivity index (χ3v) is 4.98. The molecule has 2 heterocycles. The molecule has 4 atom stereocenters. The van der Waals surface area contributed by atoms with Crippen molar-refractivity contribution in [2.24, 2.45) is 5.92 Å². The fourth-order valence-corrected chi connectivity index (χ4v) is 3.44. The van der Waals surface area contributed by atoms with Crippen LogP contribution < -0.4 is 0 Å². The summed E-state index contributed by atoms with van der Waals surface area (Å²) in [6.45, 7) is 9.10. The molecular formula is C20H22O6. The molecule has 26 heavy (non-hydrogen) atoms. The van der Waals surface area contributed by atoms with Crippen LogP contribution in [0.3, 0.4) is 0 Å². The average Bonchev–Trinajstić information content (AvgIpc) is 3.04. The highest BCUT2D eigenvalue weighted by molar-refractivity contribution is 5.93. The Morgan fingerprint density at radius 1 is 1.23 bits per heavy atom. The molecule has 0 aromatic heterocycles. The summed E-state index contributed by atoms with van der Waals surface area (Å²) < 4.78 is 16.5. The number of allylic oxidation sites excluding steroid dienone is 1. The molecule has 6 heteroatoms. The third-order valence-electron chi connectivity index (χ3n) is 4.98. The predicted molar refractivity (Wildman–Crippen MR) is 92.8 cm³/mol. The van der Waals surface area contributed by atoms with Gasteiger partial charge in [0.2, 0.25) is 0 Å². The summed E-state index contributed by atoms with van der Waals surface area (Å²) in [4.78, 5) is 36.6. The number of rotatable bonds is 2. The number of carbonyl (C=O) groups is 3. The predicted octanol–water partition coefficient (Wildman–Crippen LogP) is 2.55. The van der Waals surface area contributed by atoms with Crippen molar-refractivity contribution in [3.8, 4) is 0 Å². The van der Waals surface area contributed by atoms with Crippen LogP contribution in [0.4, 0.5) is 0 Å². The molecule has 1 aliphatic carbocycles. The van der Waals surface area contributed by atoms with E-state index in [4.69, 9.17) is 14.2 Å². The molecule has 2 aliphatic heterocycles. The van der Waals surface area contributed by atoms with Crippen LogP contribution in [0.25, 0.3) is 0 Å². The standard InChI is InChI=1S/C20H22O6/c1-5-11(3)18(21)25-16-9-13-8-14(24-20(13)23)6-10(2)7-15-17(16)12(4)19(22)26-15/h5,7-8,14-17H,4,6,9H2,1-3H3/t14-,15+,16-,17-/m1/s1. The van der Waals surface area contributed by atoms with Gasteiger partial charge < -0.3 is 14.2 Å². The van der Waals surface area contributed by atoms with E-state index >= 15 is 0 Å². The molecule has 0 spiro atoms. The third kappa shape index (κ3) is 3.36. The SMILES string of the molecule is C=C1C(=O)O[C@H]2C=C(C)C[C@@H]3C=C(C[C@@H](OC(=O)C(C)=CC)[C@H]12)C(=O)O3. The number of esters is 3. The Balaban J connectivity index is 2.00. The highest BCUT2D eigenvalue weighted by Gasteiger charge is 2.46. The number of hydrogen-bond donors (Lipinski definition) is 0. The fourth-order valence-electron chi connectivity index (χ4n) is 3.44. The lowest BCUT2D eigenvalue weighted by Gasteiger charge is -2.26. The summed E-state index contributed by atoms with van der Waals surface area (Å²) in [6, 6.07) is 0. The minimum atomic E-state index is -0.749. The molecule has 0 radical (unpaired) electrons. The normalized spacial score (nSPS) is 31.5. The molecule has 6 nitrogen and oxygen atoms in total. The van der Waals surface area contributed by atoms with Gasteiger partial charge in [-0.25, -0.2) is 14.4 Å². The highest BCUT2D eigenvalue weighted by atomic mass is 16.6. The van der Waals surface area contributed by atoms with Gasteiger partial charge in [-0.3, -0.25) is 0 Å². The molecule has 1 saturated heterocycles. The van der Waals surface area contributed by atoms with E-state index in [1.807, 2.05) is 13.0 Å². The van der Waals surface area contributed by atoms with E-state index in [0.29, 0.717) is 17.6 Å². The second kappa shape index (κ2) is 6.94. The monoisotopic (exact) mass is 358 g/mol. The molecule has 0 aromatic rings. The van der Waals surface area contributed by atoms with Crippen molar-refractivity contribution in [1.82, 2.24) is 0 Å². The first-order chi connectivity index (χ1) is 12.3. The summed E-state index contributed by atoms with van der Waals surface area (Å²) in [5.41, 5.74) is 2.07. The van der Waals surface area contributed by atoms with Gasteiger partial charge in [-0.1, -0.05) is 18.2 Å². The quantitative estimate of drug-likeness (QED) is 0.327. The summed E-state index contributed by atoms with van der Waals surface area (Å²) in [6.07, 6.45) is 4.26. The lowest BCUT2D eigenvalue weighted by Crippen LogP contribution is -2.34. The Labute approximate surface area is 152 Å². The summed E-state index contributed by atoms with van der Waals surface area (Å²) in [5.74, 6) is -1.96. The van der Waals surface area contributed by atoms with Gasteiger partial charge in [0.25, 0.3) is 0 Å². The van der Waals surface area contributed by atoms with E-state index in [9.17, 15) is 14.4 Å². The van der Waals surface area contributed by atoms with Gasteiger partial charge in [0.1, 0.15) is 18.3 Å². The lowest BCUT2D eigenvalue weighted by molar-refractivity contribution is -0.148. The molecule has 138 valence electrons. The van der Waals surface area contributed by atoms with Crippen molar-refractivity contribution in [3.05, 3.63) is 47.1 Å². The van der Waals surface area contributed by atoms with E-state index in [-0.39, 0.29) is 18.1 Å². The van der Waals surface area contributed by atoms with Crippen molar-refractivity contribution >= 4 is 17.9 Å². The molecule has 1 fully saturated rings. The first-order valence-electron chi connectivity index (χ1n) is 8.62. The van der Waals surface area contributed by atoms with Gasteiger partial charge in [-0.05, 0) is 32.9 Å². The van der Waals surface area contributed by atoms with Gasteiger partial charge in [0.15, 0.2) is 0 Å². The number of hydrogen-bond acceptors (Lipinski definition) is 6. The Morgan fingerprint density at radius 3 is 2.65 bits per heavy atom. The van der Waals surface area contributed by atoms with Crippen molar-refractivity contribution in [2.75, 3.05) is 0 Å². The van der Waals surface area contributed by atoms with Crippen LogP contribution in [-0.4, -0.2) is 36.2 Å². The maximum Gasteiger partial charge on any atom is 0.334 e. The van der Waals surface area contributed by atoms with Crippen molar-refractivity contribution in [2.45, 2.75) is 51.9 Å². The van der Waals surface area contributed by atoms with E-state index in [0.717, 1.165) is 5.57 Å². The van der Waals surface area contributed by atoms with Crippen LogP contribution in [0.5, 0.6) is 0 Å². The first kappa shape index (κ1) is 18.2. The van der Waals surface area contributed by atoms with Gasteiger partial charge >= 0.3 is 17.9 Å². The highest BCUT2D eigenvalue weighted by Crippen LogP contribution is 2.38. The van der Waals surface area contributed by atoms with Gasteiger partial charge in [0, 0.05) is 29.6 Å². The Morgan fingerprint density at radius 2 is 1.96 bits per heavy atom. The largest absolute Gasteiger partial charge is 0.458 e. The first-order valence-corrected chi connectivity index (χ1v) is 8.62. The minimum absolute atomic E-state index is 0.155. The second-order valence-corrected chi connectivity index (χ2v) is 6.89. The second-order valence-electron chi connectivity index (χ2n) is 6.89. The van der Waals surface area contributed by atoms with Gasteiger partial charge in [-0.2, -0.15) is 0 Å². The molecule has 2 bridgehead atoms. The molecule has 0 unspecified atom stereocenters. The van der Waals surface area contributed by atoms with Crippen LogP contribution in [0.1, 0.15) is 33.6 Å². The molecule has 3 rings (SSSR count). The van der Waals surface area contributed by atoms with Crippen LogP contribution in [0.2, 0.25) is 0 Å². The van der Waals surface area contributed by atoms with E-state index in [1.54, 1.807) is 26.0 Å². The lowest BCUT2D eigenvalue weighted by atomic mass is 9.85. The van der Waals surface area contributed by atoms with Crippen LogP contribution in [0, 0.1) is 5.92 Å². The van der Waals surface area contributed by atoms with Gasteiger partial charge in [0.05, 0.1) is 5.92 Å². The average molecular weight is 358 g/mol. The Hall–Kier alpha value is -2.63. The van der Waals surface area contributed by atoms with E-state index in [1.165, 1.54) is 0 Å². The zero-order valence-corrected chi connectivity index (χ0v) is 15.1. The maximum absolute atomic E-state index is 12.3. The Bertz CT molecular complexity index is 769. The summed E-state index contributed by atoms with van der Waals surface area (Å²) in [5, 5.41) is 0. The maximum atomic E-state index is 12.3. The zero-order valence-electron chi connectivity index (χ0n) is 15.1. The van der Waals surface area contributed by atoms with Gasteiger partial charge in [-0.15, -0.1) is 0 Å². The minimum Gasteiger partial charge on any atom is -0.458 e. The van der Waals surface area contributed by atoms with Crippen LogP contribution in [0.15, 0.2) is 47.1 Å². The van der Waals surface area contributed by atoms with Crippen LogP contribution in [-0.2, 0) is 28.6 Å². The summed E-state index contributed by atoms with van der Waals surface area (Å²) >= 11 is 0. The molecular weight excluding hydrogens is 336 g/mol. The van der Waals surface area contributed by atoms with Crippen molar-refractivity contribution in [1.29, 1.82) is 0 Å². The number of fused-ring (bicyclic) bond motifs is 2. The van der Waals surface area contributed by atoms with E-state index < -0.39 is 36.0 Å². The molecule has 0 N–H and O–H groups in total. The number of ether oxygens (including phenoxy) is 3. The number of carbonyl (C=O) groups excluding carboxylic acids is 3. The molecule has 0 amide bonds. The Kier molecular flexibility index (Phi) is 4.85. The van der Waals surface area contributed by atoms with Crippen LogP contribution >= 0.6 is 0 Å². The van der Waals surface area contributed by atoms with Crippen molar-refractivity contribution in [3.63, 3.8) is 0 Å². The smallest absolute Gasteiger partial charge is 0.334 e. The summed E-state index contributed by atoms with van der Waals surface area (Å²) in [7, 11) is 0. The van der Waals surface area contributed by atoms with E-state index in [2.05, 4.69) is 6.58 Å². The zero-order chi connectivity index (χ0) is 19.0. The molecule has 0 aromatic carbocycles. The molecule has 3 aliphatic rings. The fraction of sp³-hybridized carbons (Fsp3) is 0.450. The molecule has 0 saturated carbocycles. The van der Waals surface area contributed by atoms with Crippen molar-refractivity contribution < 1.29 is 28.6 Å². The topological polar surface area (TPSA) is 78.9 Å².